The lowest BCUT2D eigenvalue weighted by atomic mass is 9.92. The minimum absolute atomic E-state index is 0.131. The predicted molar refractivity (Wildman–Crippen MR) is 98.5 cm³/mol. The van der Waals surface area contributed by atoms with E-state index in [1.807, 2.05) is 0 Å². The van der Waals surface area contributed by atoms with E-state index in [0.29, 0.717) is 25.4 Å². The number of hydrogen-bond acceptors (Lipinski definition) is 4. The summed E-state index contributed by atoms with van der Waals surface area (Å²) in [4.78, 5) is 37.6. The first-order chi connectivity index (χ1) is 12.5. The maximum absolute atomic E-state index is 12.5. The molecule has 0 aliphatic carbocycles. The van der Waals surface area contributed by atoms with Crippen LogP contribution in [0.25, 0.3) is 0 Å². The van der Waals surface area contributed by atoms with Gasteiger partial charge in [-0.3, -0.25) is 14.4 Å². The molecule has 0 saturated carbocycles. The SMILES string of the molecule is C=C[C@H](CC(=O)O)NC(=O)[C@@H]1CCCN(C(=O)CCC2CCNCC2)C1. The monoisotopic (exact) mass is 365 g/mol. The molecule has 2 heterocycles. The minimum Gasteiger partial charge on any atom is -0.481 e. The van der Waals surface area contributed by atoms with Crippen LogP contribution in [0.4, 0.5) is 0 Å². The van der Waals surface area contributed by atoms with Crippen molar-refractivity contribution in [2.75, 3.05) is 26.2 Å². The van der Waals surface area contributed by atoms with Gasteiger partial charge < -0.3 is 20.6 Å². The van der Waals surface area contributed by atoms with Crippen LogP contribution < -0.4 is 10.6 Å². The summed E-state index contributed by atoms with van der Waals surface area (Å²) in [6, 6.07) is -0.578. The van der Waals surface area contributed by atoms with Gasteiger partial charge in [0, 0.05) is 19.5 Å². The molecule has 0 bridgehead atoms. The van der Waals surface area contributed by atoms with Crippen LogP contribution in [0.5, 0.6) is 0 Å². The number of aliphatic carboxylic acids is 1. The van der Waals surface area contributed by atoms with Gasteiger partial charge in [-0.25, -0.2) is 0 Å². The van der Waals surface area contributed by atoms with Crippen LogP contribution in [0.15, 0.2) is 12.7 Å². The molecule has 2 fully saturated rings. The number of nitrogens with one attached hydrogen (secondary N) is 2. The third-order valence-corrected chi connectivity index (χ3v) is 5.38. The van der Waals surface area contributed by atoms with Crippen molar-refractivity contribution in [2.24, 2.45) is 11.8 Å². The van der Waals surface area contributed by atoms with Crippen LogP contribution in [-0.4, -0.2) is 60.0 Å². The molecule has 26 heavy (non-hydrogen) atoms. The number of hydrogen-bond donors (Lipinski definition) is 3. The van der Waals surface area contributed by atoms with E-state index in [0.717, 1.165) is 45.2 Å². The van der Waals surface area contributed by atoms with Crippen molar-refractivity contribution in [2.45, 2.75) is 51.0 Å². The molecule has 2 rings (SSSR count). The predicted octanol–water partition coefficient (Wildman–Crippen LogP) is 1.15. The summed E-state index contributed by atoms with van der Waals surface area (Å²) >= 11 is 0. The molecule has 2 atom stereocenters. The molecule has 2 aliphatic rings. The average Bonchev–Trinajstić information content (AvgIpc) is 2.66. The molecule has 0 unspecified atom stereocenters. The molecular formula is C19H31N3O4. The first-order valence-electron chi connectivity index (χ1n) is 9.62. The second kappa shape index (κ2) is 10.3. The van der Waals surface area contributed by atoms with Crippen molar-refractivity contribution in [3.63, 3.8) is 0 Å². The van der Waals surface area contributed by atoms with Crippen molar-refractivity contribution < 1.29 is 19.5 Å². The Labute approximate surface area is 155 Å². The molecule has 0 aromatic carbocycles. The van der Waals surface area contributed by atoms with Gasteiger partial charge in [0.25, 0.3) is 0 Å². The van der Waals surface area contributed by atoms with Crippen molar-refractivity contribution >= 4 is 17.8 Å². The highest BCUT2D eigenvalue weighted by molar-refractivity contribution is 5.82. The van der Waals surface area contributed by atoms with E-state index in [4.69, 9.17) is 5.11 Å². The van der Waals surface area contributed by atoms with E-state index in [1.165, 1.54) is 6.08 Å². The summed E-state index contributed by atoms with van der Waals surface area (Å²) in [5.74, 6) is -0.691. The smallest absolute Gasteiger partial charge is 0.305 e. The second-order valence-corrected chi connectivity index (χ2v) is 7.36. The molecule has 0 radical (unpaired) electrons. The highest BCUT2D eigenvalue weighted by atomic mass is 16.4. The Kier molecular flexibility index (Phi) is 8.09. The van der Waals surface area contributed by atoms with Gasteiger partial charge in [-0.05, 0) is 51.1 Å². The van der Waals surface area contributed by atoms with E-state index in [-0.39, 0.29) is 24.2 Å². The number of carboxylic acid groups (broad SMARTS) is 1. The van der Waals surface area contributed by atoms with Crippen LogP contribution in [0, 0.1) is 11.8 Å². The molecule has 0 aromatic rings. The van der Waals surface area contributed by atoms with Crippen LogP contribution in [0.2, 0.25) is 0 Å². The van der Waals surface area contributed by atoms with Gasteiger partial charge in [-0.15, -0.1) is 6.58 Å². The minimum atomic E-state index is -0.978. The number of carboxylic acids is 1. The summed E-state index contributed by atoms with van der Waals surface area (Å²) < 4.78 is 0. The van der Waals surface area contributed by atoms with Gasteiger partial charge in [-0.1, -0.05) is 6.08 Å². The number of likely N-dealkylation sites (tertiary alicyclic amines) is 1. The van der Waals surface area contributed by atoms with E-state index >= 15 is 0 Å². The zero-order chi connectivity index (χ0) is 18.9. The fraction of sp³-hybridized carbons (Fsp3) is 0.737. The Bertz CT molecular complexity index is 517. The van der Waals surface area contributed by atoms with Gasteiger partial charge in [0.05, 0.1) is 18.4 Å². The summed E-state index contributed by atoms with van der Waals surface area (Å²) in [6.07, 6.45) is 6.52. The zero-order valence-electron chi connectivity index (χ0n) is 15.4. The quantitative estimate of drug-likeness (QED) is 0.561. The fourth-order valence-corrected chi connectivity index (χ4v) is 3.76. The third kappa shape index (κ3) is 6.44. The van der Waals surface area contributed by atoms with Crippen molar-refractivity contribution in [1.82, 2.24) is 15.5 Å². The Morgan fingerprint density at radius 1 is 1.27 bits per heavy atom. The maximum Gasteiger partial charge on any atom is 0.305 e. The summed E-state index contributed by atoms with van der Waals surface area (Å²) in [5, 5.41) is 14.9. The Morgan fingerprint density at radius 3 is 2.65 bits per heavy atom. The highest BCUT2D eigenvalue weighted by Crippen LogP contribution is 2.21. The number of carbonyl (C=O) groups excluding carboxylic acids is 2. The van der Waals surface area contributed by atoms with Crippen LogP contribution in [0.3, 0.4) is 0 Å². The maximum atomic E-state index is 12.5. The normalized spacial score (nSPS) is 22.5. The van der Waals surface area contributed by atoms with E-state index < -0.39 is 12.0 Å². The molecule has 2 amide bonds. The van der Waals surface area contributed by atoms with Gasteiger partial charge in [-0.2, -0.15) is 0 Å². The number of amides is 2. The Morgan fingerprint density at radius 2 is 2.00 bits per heavy atom. The highest BCUT2D eigenvalue weighted by Gasteiger charge is 2.29. The molecule has 0 aromatic heterocycles. The molecule has 7 nitrogen and oxygen atoms in total. The topological polar surface area (TPSA) is 98.7 Å². The molecule has 146 valence electrons. The first-order valence-corrected chi connectivity index (χ1v) is 9.62. The fourth-order valence-electron chi connectivity index (χ4n) is 3.76. The standard InChI is InChI=1S/C19H31N3O4/c1-2-16(12-18(24)25)21-19(26)15-4-3-11-22(13-15)17(23)6-5-14-7-9-20-10-8-14/h2,14-16,20H,1,3-13H2,(H,21,26)(H,24,25)/t15-,16-/m1/s1. The van der Waals surface area contributed by atoms with Crippen LogP contribution in [-0.2, 0) is 14.4 Å². The van der Waals surface area contributed by atoms with E-state index in [2.05, 4.69) is 17.2 Å². The number of piperidine rings is 2. The number of nitrogens with zero attached hydrogens (tertiary/aromatic N) is 1. The third-order valence-electron chi connectivity index (χ3n) is 5.38. The van der Waals surface area contributed by atoms with Crippen LogP contribution >= 0.6 is 0 Å². The lowest BCUT2D eigenvalue weighted by Crippen LogP contribution is -2.47. The second-order valence-electron chi connectivity index (χ2n) is 7.36. The molecule has 0 spiro atoms. The van der Waals surface area contributed by atoms with Crippen molar-refractivity contribution in [3.8, 4) is 0 Å². The molecule has 2 aliphatic heterocycles. The van der Waals surface area contributed by atoms with Gasteiger partial charge in [0.2, 0.25) is 11.8 Å². The Hall–Kier alpha value is -1.89. The average molecular weight is 365 g/mol. The lowest BCUT2D eigenvalue weighted by Gasteiger charge is -2.33. The molecule has 7 heteroatoms. The summed E-state index contributed by atoms with van der Waals surface area (Å²) in [5.41, 5.74) is 0. The van der Waals surface area contributed by atoms with Crippen molar-refractivity contribution in [3.05, 3.63) is 12.7 Å². The number of carbonyl (C=O) groups is 3. The first kappa shape index (κ1) is 20.4. The summed E-state index contributed by atoms with van der Waals surface area (Å²) in [6.45, 7) is 6.77. The van der Waals surface area contributed by atoms with Gasteiger partial charge in [0.1, 0.15) is 0 Å². The Balaban J connectivity index is 1.79. The molecule has 3 N–H and O–H groups in total. The molecular weight excluding hydrogens is 334 g/mol. The van der Waals surface area contributed by atoms with E-state index in [9.17, 15) is 14.4 Å². The largest absolute Gasteiger partial charge is 0.481 e. The van der Waals surface area contributed by atoms with Gasteiger partial charge in [0.15, 0.2) is 0 Å². The molecule has 2 saturated heterocycles. The summed E-state index contributed by atoms with van der Waals surface area (Å²) in [7, 11) is 0. The van der Waals surface area contributed by atoms with Gasteiger partial charge >= 0.3 is 5.97 Å². The zero-order valence-corrected chi connectivity index (χ0v) is 15.4. The van der Waals surface area contributed by atoms with Crippen LogP contribution in [0.1, 0.15) is 44.9 Å². The van der Waals surface area contributed by atoms with E-state index in [1.54, 1.807) is 4.90 Å². The number of rotatable bonds is 8. The van der Waals surface area contributed by atoms with Crippen molar-refractivity contribution in [1.29, 1.82) is 0 Å². The lowest BCUT2D eigenvalue weighted by molar-refractivity contribution is -0.137.